The molecule has 0 radical (unpaired) electrons. The Morgan fingerprint density at radius 2 is 2.11 bits per heavy atom. The van der Waals surface area contributed by atoms with E-state index < -0.39 is 5.97 Å². The quantitative estimate of drug-likeness (QED) is 0.670. The van der Waals surface area contributed by atoms with Gasteiger partial charge in [-0.25, -0.2) is 4.79 Å². The van der Waals surface area contributed by atoms with Gasteiger partial charge in [-0.15, -0.1) is 0 Å². The summed E-state index contributed by atoms with van der Waals surface area (Å²) in [6.07, 6.45) is 2.79. The molecule has 1 aromatic carbocycles. The number of para-hydroxylation sites is 1. The molecule has 0 saturated carbocycles. The van der Waals surface area contributed by atoms with Crippen LogP contribution in [-0.2, 0) is 11.3 Å². The predicted molar refractivity (Wildman–Crippen MR) is 68.8 cm³/mol. The first-order valence-electron chi connectivity index (χ1n) is 5.92. The van der Waals surface area contributed by atoms with Gasteiger partial charge < -0.3 is 13.6 Å². The smallest absolute Gasteiger partial charge is 0.341 e. The van der Waals surface area contributed by atoms with Gasteiger partial charge in [0.05, 0.1) is 11.8 Å². The number of carbonyl (C=O) groups excluding carboxylic acids is 1. The Hall–Kier alpha value is -2.49. The van der Waals surface area contributed by atoms with Gasteiger partial charge in [0.25, 0.3) is 0 Å². The fourth-order valence-electron chi connectivity index (χ4n) is 1.96. The van der Waals surface area contributed by atoms with Crippen molar-refractivity contribution in [2.45, 2.75) is 13.5 Å². The number of hydrogen-bond donors (Lipinski definition) is 0. The minimum absolute atomic E-state index is 0.116. The Labute approximate surface area is 109 Å². The summed E-state index contributed by atoms with van der Waals surface area (Å²) in [5.41, 5.74) is 2.19. The van der Waals surface area contributed by atoms with E-state index in [0.717, 1.165) is 16.5 Å². The van der Waals surface area contributed by atoms with E-state index in [-0.39, 0.29) is 6.61 Å². The number of ether oxygens (including phenoxy) is 1. The minimum atomic E-state index is -0.423. The number of benzene rings is 1. The van der Waals surface area contributed by atoms with Crippen LogP contribution in [0.4, 0.5) is 0 Å². The van der Waals surface area contributed by atoms with Crippen LogP contribution in [0.5, 0.6) is 0 Å². The molecule has 96 valence electrons. The van der Waals surface area contributed by atoms with Gasteiger partial charge in [0.2, 0.25) is 0 Å². The van der Waals surface area contributed by atoms with E-state index in [2.05, 4.69) is 0 Å². The van der Waals surface area contributed by atoms with E-state index in [1.165, 1.54) is 12.5 Å². The van der Waals surface area contributed by atoms with Gasteiger partial charge in [-0.2, -0.15) is 0 Å². The van der Waals surface area contributed by atoms with Gasteiger partial charge in [0.1, 0.15) is 24.2 Å². The highest BCUT2D eigenvalue weighted by Gasteiger charge is 2.13. The van der Waals surface area contributed by atoms with E-state index in [1.54, 1.807) is 6.07 Å². The molecule has 0 fully saturated rings. The lowest BCUT2D eigenvalue weighted by Gasteiger charge is -2.01. The molecule has 4 nitrogen and oxygen atoms in total. The SMILES string of the molecule is Cc1c(COC(=O)c2ccoc2)oc2ccccc12. The highest BCUT2D eigenvalue weighted by Crippen LogP contribution is 2.25. The number of rotatable bonds is 3. The Morgan fingerprint density at radius 3 is 2.84 bits per heavy atom. The Balaban J connectivity index is 1.79. The van der Waals surface area contributed by atoms with Crippen LogP contribution in [0.1, 0.15) is 21.7 Å². The van der Waals surface area contributed by atoms with Crippen molar-refractivity contribution in [3.8, 4) is 0 Å². The Bertz CT molecular complexity index is 707. The van der Waals surface area contributed by atoms with Crippen LogP contribution in [-0.4, -0.2) is 5.97 Å². The molecule has 19 heavy (non-hydrogen) atoms. The van der Waals surface area contributed by atoms with E-state index in [9.17, 15) is 4.79 Å². The predicted octanol–water partition coefficient (Wildman–Crippen LogP) is 3.69. The molecular formula is C15H12O4. The van der Waals surface area contributed by atoms with Gasteiger partial charge in [0, 0.05) is 10.9 Å². The van der Waals surface area contributed by atoms with Gasteiger partial charge in [0.15, 0.2) is 0 Å². The van der Waals surface area contributed by atoms with Crippen LogP contribution < -0.4 is 0 Å². The number of fused-ring (bicyclic) bond motifs is 1. The minimum Gasteiger partial charge on any atom is -0.472 e. The second-order valence-corrected chi connectivity index (χ2v) is 4.23. The molecule has 0 aliphatic heterocycles. The van der Waals surface area contributed by atoms with Gasteiger partial charge in [-0.05, 0) is 19.1 Å². The highest BCUT2D eigenvalue weighted by molar-refractivity contribution is 5.89. The van der Waals surface area contributed by atoms with E-state index in [4.69, 9.17) is 13.6 Å². The maximum absolute atomic E-state index is 11.7. The van der Waals surface area contributed by atoms with Gasteiger partial charge in [-0.1, -0.05) is 18.2 Å². The average molecular weight is 256 g/mol. The first-order chi connectivity index (χ1) is 9.25. The zero-order valence-corrected chi connectivity index (χ0v) is 10.4. The van der Waals surface area contributed by atoms with Crippen LogP contribution in [0, 0.1) is 6.92 Å². The second-order valence-electron chi connectivity index (χ2n) is 4.23. The van der Waals surface area contributed by atoms with E-state index >= 15 is 0 Å². The maximum Gasteiger partial charge on any atom is 0.341 e. The first kappa shape index (κ1) is 11.6. The number of carbonyl (C=O) groups is 1. The van der Waals surface area contributed by atoms with Crippen molar-refractivity contribution in [2.75, 3.05) is 0 Å². The van der Waals surface area contributed by atoms with Crippen LogP contribution >= 0.6 is 0 Å². The van der Waals surface area contributed by atoms with Crippen molar-refractivity contribution in [2.24, 2.45) is 0 Å². The standard InChI is InChI=1S/C15H12O4/c1-10-12-4-2-3-5-13(12)19-14(10)9-18-15(16)11-6-7-17-8-11/h2-8H,9H2,1H3. The lowest BCUT2D eigenvalue weighted by molar-refractivity contribution is 0.0446. The number of esters is 1. The van der Waals surface area contributed by atoms with Crippen molar-refractivity contribution < 1.29 is 18.4 Å². The summed E-state index contributed by atoms with van der Waals surface area (Å²) >= 11 is 0. The molecule has 0 N–H and O–H groups in total. The number of hydrogen-bond acceptors (Lipinski definition) is 4. The van der Waals surface area contributed by atoms with Crippen molar-refractivity contribution in [3.63, 3.8) is 0 Å². The molecule has 0 aliphatic carbocycles. The molecule has 0 atom stereocenters. The molecule has 2 heterocycles. The molecule has 3 rings (SSSR count). The summed E-state index contributed by atoms with van der Waals surface area (Å²) < 4.78 is 15.7. The van der Waals surface area contributed by atoms with Crippen LogP contribution in [0.3, 0.4) is 0 Å². The van der Waals surface area contributed by atoms with Crippen molar-refractivity contribution in [1.82, 2.24) is 0 Å². The van der Waals surface area contributed by atoms with Crippen LogP contribution in [0.2, 0.25) is 0 Å². The molecular weight excluding hydrogens is 244 g/mol. The highest BCUT2D eigenvalue weighted by atomic mass is 16.5. The molecule has 0 bridgehead atoms. The van der Waals surface area contributed by atoms with Crippen molar-refractivity contribution in [1.29, 1.82) is 0 Å². The third kappa shape index (κ3) is 2.12. The molecule has 0 unspecified atom stereocenters. The second kappa shape index (κ2) is 4.65. The maximum atomic E-state index is 11.7. The van der Waals surface area contributed by atoms with Gasteiger partial charge in [-0.3, -0.25) is 0 Å². The lowest BCUT2D eigenvalue weighted by atomic mass is 10.1. The molecule has 0 aliphatic rings. The summed E-state index contributed by atoms with van der Waals surface area (Å²) in [5.74, 6) is 0.242. The normalized spacial score (nSPS) is 10.8. The largest absolute Gasteiger partial charge is 0.472 e. The number of aryl methyl sites for hydroxylation is 1. The monoisotopic (exact) mass is 256 g/mol. The Kier molecular flexibility index (Phi) is 2.83. The fourth-order valence-corrected chi connectivity index (χ4v) is 1.96. The third-order valence-corrected chi connectivity index (χ3v) is 3.03. The summed E-state index contributed by atoms with van der Waals surface area (Å²) in [5, 5.41) is 1.04. The molecule has 3 aromatic rings. The lowest BCUT2D eigenvalue weighted by Crippen LogP contribution is -2.03. The van der Waals surface area contributed by atoms with Gasteiger partial charge >= 0.3 is 5.97 Å². The molecule has 2 aromatic heterocycles. The fraction of sp³-hybridized carbons (Fsp3) is 0.133. The van der Waals surface area contributed by atoms with Crippen molar-refractivity contribution in [3.05, 3.63) is 59.7 Å². The zero-order chi connectivity index (χ0) is 13.2. The molecule has 4 heteroatoms. The van der Waals surface area contributed by atoms with Crippen molar-refractivity contribution >= 4 is 16.9 Å². The topological polar surface area (TPSA) is 52.6 Å². The van der Waals surface area contributed by atoms with Crippen LogP contribution in [0.25, 0.3) is 11.0 Å². The Morgan fingerprint density at radius 1 is 1.26 bits per heavy atom. The van der Waals surface area contributed by atoms with E-state index in [1.807, 2.05) is 31.2 Å². The first-order valence-corrected chi connectivity index (χ1v) is 5.92. The van der Waals surface area contributed by atoms with Crippen LogP contribution in [0.15, 0.2) is 51.7 Å². The summed E-state index contributed by atoms with van der Waals surface area (Å²) in [6, 6.07) is 9.30. The average Bonchev–Trinajstić information content (AvgIpc) is 3.05. The molecule has 0 amide bonds. The third-order valence-electron chi connectivity index (χ3n) is 3.03. The van der Waals surface area contributed by atoms with E-state index in [0.29, 0.717) is 11.3 Å². The molecule has 0 saturated heterocycles. The zero-order valence-electron chi connectivity index (χ0n) is 10.4. The summed E-state index contributed by atoms with van der Waals surface area (Å²) in [6.45, 7) is 2.07. The summed E-state index contributed by atoms with van der Waals surface area (Å²) in [4.78, 5) is 11.7. The summed E-state index contributed by atoms with van der Waals surface area (Å²) in [7, 11) is 0. The molecule has 0 spiro atoms. The number of furan rings is 2.